The van der Waals surface area contributed by atoms with Gasteiger partial charge in [0.2, 0.25) is 0 Å². The lowest BCUT2D eigenvalue weighted by Gasteiger charge is -2.08. The largest absolute Gasteiger partial charge is 0.320 e. The summed E-state index contributed by atoms with van der Waals surface area (Å²) in [6.07, 6.45) is 1.71. The predicted octanol–water partition coefficient (Wildman–Crippen LogP) is 3.59. The first-order chi connectivity index (χ1) is 10.1. The average Bonchev–Trinajstić information content (AvgIpc) is 2.78. The first-order valence-corrected chi connectivity index (χ1v) is 7.23. The molecule has 0 aliphatic heterocycles. The number of carbonyl (C=O) groups excluding carboxylic acids is 1. The maximum atomic E-state index is 12.4. The van der Waals surface area contributed by atoms with Gasteiger partial charge in [-0.15, -0.1) is 0 Å². The molecule has 5 nitrogen and oxygen atoms in total. The van der Waals surface area contributed by atoms with E-state index in [2.05, 4.69) is 36.4 Å². The maximum absolute atomic E-state index is 12.4. The molecule has 106 valence electrons. The summed E-state index contributed by atoms with van der Waals surface area (Å²) >= 11 is 3.40. The molecule has 2 heterocycles. The molecule has 2 N–H and O–H groups in total. The van der Waals surface area contributed by atoms with Crippen LogP contribution >= 0.6 is 15.9 Å². The molecule has 0 spiro atoms. The minimum atomic E-state index is -0.184. The Bertz CT molecular complexity index is 821. The van der Waals surface area contributed by atoms with E-state index in [4.69, 9.17) is 0 Å². The summed E-state index contributed by atoms with van der Waals surface area (Å²) in [5.41, 5.74) is 3.45. The van der Waals surface area contributed by atoms with Gasteiger partial charge in [0.1, 0.15) is 0 Å². The van der Waals surface area contributed by atoms with E-state index < -0.39 is 0 Å². The van der Waals surface area contributed by atoms with Crippen molar-refractivity contribution in [3.8, 4) is 0 Å². The third-order valence-corrected chi connectivity index (χ3v) is 3.71. The van der Waals surface area contributed by atoms with Crippen molar-refractivity contribution < 1.29 is 4.79 Å². The van der Waals surface area contributed by atoms with E-state index in [1.165, 1.54) is 0 Å². The molecule has 0 unspecified atom stereocenters. The summed E-state index contributed by atoms with van der Waals surface area (Å²) in [4.78, 5) is 16.8. The number of hydrogen-bond acceptors (Lipinski definition) is 3. The minimum Gasteiger partial charge on any atom is -0.320 e. The number of amides is 1. The average molecular weight is 345 g/mol. The molecular weight excluding hydrogens is 332 g/mol. The van der Waals surface area contributed by atoms with Crippen molar-refractivity contribution >= 4 is 38.4 Å². The van der Waals surface area contributed by atoms with Crippen LogP contribution in [0.3, 0.4) is 0 Å². The number of H-pyrrole nitrogens is 1. The first-order valence-electron chi connectivity index (χ1n) is 6.43. The maximum Gasteiger partial charge on any atom is 0.259 e. The van der Waals surface area contributed by atoms with Gasteiger partial charge in [0, 0.05) is 21.7 Å². The highest BCUT2D eigenvalue weighted by Crippen LogP contribution is 2.24. The highest BCUT2D eigenvalue weighted by molar-refractivity contribution is 9.10. The predicted molar refractivity (Wildman–Crippen MR) is 85.5 cm³/mol. The fourth-order valence-corrected chi connectivity index (χ4v) is 2.65. The molecule has 0 radical (unpaired) electrons. The van der Waals surface area contributed by atoms with Gasteiger partial charge in [0.25, 0.3) is 5.91 Å². The van der Waals surface area contributed by atoms with Crippen LogP contribution in [-0.4, -0.2) is 21.1 Å². The lowest BCUT2D eigenvalue weighted by Crippen LogP contribution is -2.14. The SMILES string of the molecule is Cc1n[nH]c(C)c1C(=O)Nc1cccc2cc(Br)cnc12. The van der Waals surface area contributed by atoms with Gasteiger partial charge < -0.3 is 5.32 Å². The molecular formula is C15H13BrN4O. The standard InChI is InChI=1S/C15H13BrN4O/c1-8-13(9(2)20-19-8)15(21)18-12-5-3-4-10-6-11(16)7-17-14(10)12/h3-7H,1-2H3,(H,18,21)(H,19,20). The van der Waals surface area contributed by atoms with Crippen molar-refractivity contribution in [1.82, 2.24) is 15.2 Å². The van der Waals surface area contributed by atoms with Crippen LogP contribution in [0.4, 0.5) is 5.69 Å². The molecule has 0 aliphatic rings. The Hall–Kier alpha value is -2.21. The molecule has 0 bridgehead atoms. The molecule has 0 saturated heterocycles. The normalized spacial score (nSPS) is 10.8. The topological polar surface area (TPSA) is 70.7 Å². The number of fused-ring (bicyclic) bond motifs is 1. The summed E-state index contributed by atoms with van der Waals surface area (Å²) in [6, 6.07) is 7.65. The van der Waals surface area contributed by atoms with Crippen molar-refractivity contribution in [2.75, 3.05) is 5.32 Å². The van der Waals surface area contributed by atoms with Crippen LogP contribution in [-0.2, 0) is 0 Å². The van der Waals surface area contributed by atoms with E-state index in [9.17, 15) is 4.79 Å². The van der Waals surface area contributed by atoms with Gasteiger partial charge in [-0.3, -0.25) is 14.9 Å². The fraction of sp³-hybridized carbons (Fsp3) is 0.133. The lowest BCUT2D eigenvalue weighted by atomic mass is 10.1. The van der Waals surface area contributed by atoms with Crippen LogP contribution in [0, 0.1) is 13.8 Å². The number of hydrogen-bond donors (Lipinski definition) is 2. The number of carbonyl (C=O) groups is 1. The summed E-state index contributed by atoms with van der Waals surface area (Å²) in [5, 5.41) is 10.7. The van der Waals surface area contributed by atoms with E-state index in [1.54, 1.807) is 13.1 Å². The van der Waals surface area contributed by atoms with Gasteiger partial charge in [-0.05, 0) is 41.9 Å². The molecule has 21 heavy (non-hydrogen) atoms. The van der Waals surface area contributed by atoms with Crippen LogP contribution in [0.2, 0.25) is 0 Å². The number of aromatic nitrogens is 3. The second-order valence-electron chi connectivity index (χ2n) is 4.79. The van der Waals surface area contributed by atoms with Crippen LogP contribution in [0.25, 0.3) is 10.9 Å². The first kappa shape index (κ1) is 13.8. The second kappa shape index (κ2) is 5.29. The van der Waals surface area contributed by atoms with Crippen molar-refractivity contribution in [2.45, 2.75) is 13.8 Å². The van der Waals surface area contributed by atoms with E-state index in [0.29, 0.717) is 16.9 Å². The molecule has 6 heteroatoms. The Kier molecular flexibility index (Phi) is 3.47. The van der Waals surface area contributed by atoms with E-state index >= 15 is 0 Å². The van der Waals surface area contributed by atoms with Crippen LogP contribution in [0.15, 0.2) is 34.9 Å². The molecule has 3 aromatic rings. The van der Waals surface area contributed by atoms with Crippen LogP contribution < -0.4 is 5.32 Å². The number of benzene rings is 1. The minimum absolute atomic E-state index is 0.184. The van der Waals surface area contributed by atoms with Crippen molar-refractivity contribution in [3.05, 3.63) is 51.9 Å². The Morgan fingerprint density at radius 3 is 2.86 bits per heavy atom. The monoisotopic (exact) mass is 344 g/mol. The smallest absolute Gasteiger partial charge is 0.259 e. The van der Waals surface area contributed by atoms with Gasteiger partial charge in [0.15, 0.2) is 0 Å². The third kappa shape index (κ3) is 2.54. The van der Waals surface area contributed by atoms with Gasteiger partial charge in [-0.25, -0.2) is 0 Å². The summed E-state index contributed by atoms with van der Waals surface area (Å²) < 4.78 is 0.903. The summed E-state index contributed by atoms with van der Waals surface area (Å²) in [5.74, 6) is -0.184. The highest BCUT2D eigenvalue weighted by Gasteiger charge is 2.16. The number of aryl methyl sites for hydroxylation is 2. The zero-order chi connectivity index (χ0) is 15.0. The number of nitrogens with zero attached hydrogens (tertiary/aromatic N) is 2. The fourth-order valence-electron chi connectivity index (χ4n) is 2.31. The number of nitrogens with one attached hydrogen (secondary N) is 2. The molecule has 1 aromatic carbocycles. The Labute approximate surface area is 129 Å². The number of halogens is 1. The molecule has 1 amide bonds. The zero-order valence-corrected chi connectivity index (χ0v) is 13.2. The Morgan fingerprint density at radius 2 is 2.14 bits per heavy atom. The number of aromatic amines is 1. The number of pyridine rings is 1. The number of anilines is 1. The molecule has 0 atom stereocenters. The Morgan fingerprint density at radius 1 is 1.33 bits per heavy atom. The molecule has 0 saturated carbocycles. The molecule has 3 rings (SSSR count). The molecule has 2 aromatic heterocycles. The van der Waals surface area contributed by atoms with Gasteiger partial charge in [0.05, 0.1) is 22.5 Å². The van der Waals surface area contributed by atoms with Crippen molar-refractivity contribution in [3.63, 3.8) is 0 Å². The highest BCUT2D eigenvalue weighted by atomic mass is 79.9. The summed E-state index contributed by atoms with van der Waals surface area (Å²) in [6.45, 7) is 3.63. The van der Waals surface area contributed by atoms with Gasteiger partial charge in [-0.2, -0.15) is 5.10 Å². The lowest BCUT2D eigenvalue weighted by molar-refractivity contribution is 0.102. The Balaban J connectivity index is 2.01. The summed E-state index contributed by atoms with van der Waals surface area (Å²) in [7, 11) is 0. The van der Waals surface area contributed by atoms with Crippen LogP contribution in [0.1, 0.15) is 21.7 Å². The molecule has 0 aliphatic carbocycles. The third-order valence-electron chi connectivity index (χ3n) is 3.28. The van der Waals surface area contributed by atoms with Crippen molar-refractivity contribution in [2.24, 2.45) is 0 Å². The van der Waals surface area contributed by atoms with Gasteiger partial charge in [-0.1, -0.05) is 12.1 Å². The van der Waals surface area contributed by atoms with E-state index in [0.717, 1.165) is 21.1 Å². The van der Waals surface area contributed by atoms with E-state index in [-0.39, 0.29) is 5.91 Å². The number of rotatable bonds is 2. The van der Waals surface area contributed by atoms with Gasteiger partial charge >= 0.3 is 0 Å². The quantitative estimate of drug-likeness (QED) is 0.746. The van der Waals surface area contributed by atoms with Crippen molar-refractivity contribution in [1.29, 1.82) is 0 Å². The zero-order valence-electron chi connectivity index (χ0n) is 11.6. The second-order valence-corrected chi connectivity index (χ2v) is 5.71. The number of para-hydroxylation sites is 1. The van der Waals surface area contributed by atoms with Crippen LogP contribution in [0.5, 0.6) is 0 Å². The molecule has 0 fully saturated rings. The van der Waals surface area contributed by atoms with E-state index in [1.807, 2.05) is 31.2 Å².